The molecule has 13 heavy (non-hydrogen) atoms. The highest BCUT2D eigenvalue weighted by Gasteiger charge is 2.26. The normalized spacial score (nSPS) is 18.7. The Balaban J connectivity index is 2.12. The first-order valence-electron chi connectivity index (χ1n) is 3.62. The quantitative estimate of drug-likeness (QED) is 0.771. The topological polar surface area (TPSA) is 38.9 Å². The summed E-state index contributed by atoms with van der Waals surface area (Å²) in [6.45, 7) is 0. The van der Waals surface area contributed by atoms with Crippen LogP contribution >= 0.6 is 23.5 Å². The van der Waals surface area contributed by atoms with Crippen LogP contribution < -0.4 is 0 Å². The maximum atomic E-state index is 12.1. The zero-order valence-electron chi connectivity index (χ0n) is 6.44. The van der Waals surface area contributed by atoms with Crippen LogP contribution in [0, 0.1) is 0 Å². The summed E-state index contributed by atoms with van der Waals surface area (Å²) >= 11 is 3.28. The maximum Gasteiger partial charge on any atom is 0.314 e. The summed E-state index contributed by atoms with van der Waals surface area (Å²) in [6, 6.07) is 0. The number of hydrogen-bond donors (Lipinski definition) is 0. The summed E-state index contributed by atoms with van der Waals surface area (Å²) in [5.41, 5.74) is 0. The lowest BCUT2D eigenvalue weighted by Crippen LogP contribution is -1.83. The third kappa shape index (κ3) is 1.96. The Labute approximate surface area is 81.7 Å². The van der Waals surface area contributed by atoms with Gasteiger partial charge in [0.25, 0.3) is 5.89 Å². The molecule has 0 N–H and O–H groups in total. The van der Waals surface area contributed by atoms with E-state index in [0.29, 0.717) is 5.89 Å². The Hall–Kier alpha value is -0.300. The number of aromatic nitrogens is 2. The molecular weight excluding hydrogens is 218 g/mol. The first kappa shape index (κ1) is 9.26. The van der Waals surface area contributed by atoms with Gasteiger partial charge < -0.3 is 4.42 Å². The Morgan fingerprint density at radius 2 is 2.00 bits per heavy atom. The molecule has 0 atom stereocenters. The molecule has 0 aliphatic carbocycles. The van der Waals surface area contributed by atoms with Crippen LogP contribution in [0.1, 0.15) is 22.8 Å². The van der Waals surface area contributed by atoms with E-state index >= 15 is 0 Å². The fourth-order valence-corrected chi connectivity index (χ4v) is 3.57. The minimum atomic E-state index is -2.67. The van der Waals surface area contributed by atoms with Crippen LogP contribution in [0.15, 0.2) is 4.42 Å². The van der Waals surface area contributed by atoms with Crippen molar-refractivity contribution in [2.75, 3.05) is 11.5 Å². The summed E-state index contributed by atoms with van der Waals surface area (Å²) in [5.74, 6) is 1.73. The van der Waals surface area contributed by atoms with Gasteiger partial charge in [-0.2, -0.15) is 8.78 Å². The van der Waals surface area contributed by atoms with Crippen molar-refractivity contribution < 1.29 is 13.2 Å². The van der Waals surface area contributed by atoms with E-state index in [1.165, 1.54) is 0 Å². The van der Waals surface area contributed by atoms with Crippen molar-refractivity contribution in [1.29, 1.82) is 0 Å². The highest BCUT2D eigenvalue weighted by Crippen LogP contribution is 2.44. The van der Waals surface area contributed by atoms with Crippen LogP contribution in [0.3, 0.4) is 0 Å². The van der Waals surface area contributed by atoms with Gasteiger partial charge in [-0.15, -0.1) is 33.7 Å². The Morgan fingerprint density at radius 1 is 1.31 bits per heavy atom. The zero-order chi connectivity index (χ0) is 9.26. The Kier molecular flexibility index (Phi) is 2.73. The monoisotopic (exact) mass is 224 g/mol. The molecule has 1 aliphatic heterocycles. The number of rotatable bonds is 2. The summed E-state index contributed by atoms with van der Waals surface area (Å²) in [6.07, 6.45) is -2.67. The maximum absolute atomic E-state index is 12.1. The molecular formula is C6H6F2N2OS2. The standard InChI is InChI=1S/C6H6F2N2OS2/c7-3(8)4-9-10-5(11-4)6-12-1-2-13-6/h3,6H,1-2H2. The van der Waals surface area contributed by atoms with Crippen LogP contribution in [0.25, 0.3) is 0 Å². The molecule has 1 aromatic heterocycles. The van der Waals surface area contributed by atoms with Crippen molar-refractivity contribution in [3.05, 3.63) is 11.8 Å². The number of thioether (sulfide) groups is 2. The van der Waals surface area contributed by atoms with E-state index in [4.69, 9.17) is 4.42 Å². The lowest BCUT2D eigenvalue weighted by atomic mass is 10.7. The molecule has 1 saturated heterocycles. The second-order valence-electron chi connectivity index (χ2n) is 2.35. The van der Waals surface area contributed by atoms with Gasteiger partial charge in [0.2, 0.25) is 5.89 Å². The molecule has 7 heteroatoms. The molecule has 72 valence electrons. The average molecular weight is 224 g/mol. The number of nitrogens with zero attached hydrogens (tertiary/aromatic N) is 2. The van der Waals surface area contributed by atoms with E-state index in [9.17, 15) is 8.78 Å². The van der Waals surface area contributed by atoms with E-state index < -0.39 is 12.3 Å². The van der Waals surface area contributed by atoms with Gasteiger partial charge >= 0.3 is 6.43 Å². The second-order valence-corrected chi connectivity index (χ2v) is 5.08. The van der Waals surface area contributed by atoms with Crippen LogP contribution in [0.4, 0.5) is 8.78 Å². The van der Waals surface area contributed by atoms with Crippen molar-refractivity contribution >= 4 is 23.5 Å². The van der Waals surface area contributed by atoms with Crippen LogP contribution in [-0.2, 0) is 0 Å². The van der Waals surface area contributed by atoms with Crippen molar-refractivity contribution in [1.82, 2.24) is 10.2 Å². The molecule has 0 aromatic carbocycles. The van der Waals surface area contributed by atoms with E-state index in [-0.39, 0.29) is 4.58 Å². The summed E-state index contributed by atoms with van der Waals surface area (Å²) in [7, 11) is 0. The SMILES string of the molecule is FC(F)c1nnc(C2SCCS2)o1. The average Bonchev–Trinajstić information content (AvgIpc) is 2.75. The molecule has 0 amide bonds. The lowest BCUT2D eigenvalue weighted by Gasteiger charge is -1.98. The molecule has 0 bridgehead atoms. The molecule has 1 fully saturated rings. The van der Waals surface area contributed by atoms with Gasteiger partial charge in [0.05, 0.1) is 0 Å². The highest BCUT2D eigenvalue weighted by atomic mass is 32.2. The van der Waals surface area contributed by atoms with E-state index in [0.717, 1.165) is 11.5 Å². The predicted molar refractivity (Wildman–Crippen MR) is 46.9 cm³/mol. The molecule has 2 heterocycles. The van der Waals surface area contributed by atoms with Gasteiger partial charge in [0.1, 0.15) is 4.58 Å². The molecule has 0 saturated carbocycles. The first-order chi connectivity index (χ1) is 6.27. The van der Waals surface area contributed by atoms with Crippen LogP contribution in [0.2, 0.25) is 0 Å². The summed E-state index contributed by atoms with van der Waals surface area (Å²) in [5, 5.41) is 6.85. The number of hydrogen-bond acceptors (Lipinski definition) is 5. The molecule has 1 aromatic rings. The van der Waals surface area contributed by atoms with Crippen molar-refractivity contribution in [3.8, 4) is 0 Å². The zero-order valence-corrected chi connectivity index (χ0v) is 8.08. The predicted octanol–water partition coefficient (Wildman–Crippen LogP) is 2.49. The van der Waals surface area contributed by atoms with E-state index in [1.54, 1.807) is 23.5 Å². The van der Waals surface area contributed by atoms with Gasteiger partial charge in [-0.1, -0.05) is 0 Å². The van der Waals surface area contributed by atoms with Gasteiger partial charge in [0, 0.05) is 11.5 Å². The number of alkyl halides is 2. The fraction of sp³-hybridized carbons (Fsp3) is 0.667. The Bertz CT molecular complexity index is 288. The smallest absolute Gasteiger partial charge is 0.314 e. The third-order valence-electron chi connectivity index (χ3n) is 1.47. The van der Waals surface area contributed by atoms with Crippen molar-refractivity contribution in [3.63, 3.8) is 0 Å². The van der Waals surface area contributed by atoms with Crippen molar-refractivity contribution in [2.45, 2.75) is 11.0 Å². The van der Waals surface area contributed by atoms with E-state index in [1.807, 2.05) is 0 Å². The first-order valence-corrected chi connectivity index (χ1v) is 5.72. The van der Waals surface area contributed by atoms with Gasteiger partial charge in [-0.05, 0) is 0 Å². The Morgan fingerprint density at radius 3 is 2.54 bits per heavy atom. The van der Waals surface area contributed by atoms with Gasteiger partial charge in [0.15, 0.2) is 0 Å². The van der Waals surface area contributed by atoms with Gasteiger partial charge in [-0.3, -0.25) is 0 Å². The molecule has 3 nitrogen and oxygen atoms in total. The van der Waals surface area contributed by atoms with Crippen LogP contribution in [-0.4, -0.2) is 21.7 Å². The highest BCUT2D eigenvalue weighted by molar-refractivity contribution is 8.19. The lowest BCUT2D eigenvalue weighted by molar-refractivity contribution is 0.113. The fourth-order valence-electron chi connectivity index (χ4n) is 0.931. The van der Waals surface area contributed by atoms with Crippen LogP contribution in [0.5, 0.6) is 0 Å². The number of halogens is 2. The molecule has 2 rings (SSSR count). The second kappa shape index (κ2) is 3.83. The molecule has 0 spiro atoms. The minimum Gasteiger partial charge on any atom is -0.418 e. The summed E-state index contributed by atoms with van der Waals surface area (Å²) < 4.78 is 29.0. The third-order valence-corrected chi connectivity index (χ3v) is 4.43. The molecule has 0 radical (unpaired) electrons. The summed E-state index contributed by atoms with van der Waals surface area (Å²) in [4.78, 5) is 0. The largest absolute Gasteiger partial charge is 0.418 e. The van der Waals surface area contributed by atoms with Crippen molar-refractivity contribution in [2.24, 2.45) is 0 Å². The molecule has 0 unspecified atom stereocenters. The minimum absolute atomic E-state index is 0.0417. The molecule has 1 aliphatic rings. The van der Waals surface area contributed by atoms with E-state index in [2.05, 4.69) is 10.2 Å². The van der Waals surface area contributed by atoms with Gasteiger partial charge in [-0.25, -0.2) is 0 Å².